The minimum atomic E-state index is -3.11. The highest BCUT2D eigenvalue weighted by Crippen LogP contribution is 2.35. The van der Waals surface area contributed by atoms with E-state index in [1.165, 1.54) is 16.8 Å². The quantitative estimate of drug-likeness (QED) is 0.244. The number of benzene rings is 1. The maximum atomic E-state index is 12.9. The van der Waals surface area contributed by atoms with Gasteiger partial charge in [-0.15, -0.1) is 0 Å². The smallest absolute Gasteiger partial charge is 0.331 e. The van der Waals surface area contributed by atoms with Crippen LogP contribution in [-0.4, -0.2) is 59.4 Å². The molecule has 1 aromatic carbocycles. The van der Waals surface area contributed by atoms with Gasteiger partial charge in [-0.2, -0.15) is 5.10 Å². The van der Waals surface area contributed by atoms with E-state index in [2.05, 4.69) is 5.10 Å². The molecular formula is C26H26ClN3O7S. The molecule has 200 valence electrons. The van der Waals surface area contributed by atoms with Gasteiger partial charge in [-0.3, -0.25) is 4.79 Å². The summed E-state index contributed by atoms with van der Waals surface area (Å²) in [4.78, 5) is 25.3. The van der Waals surface area contributed by atoms with Crippen LogP contribution in [0.3, 0.4) is 0 Å². The zero-order valence-electron chi connectivity index (χ0n) is 21.1. The summed E-state index contributed by atoms with van der Waals surface area (Å²) in [6.07, 6.45) is 3.07. The van der Waals surface area contributed by atoms with Crippen LogP contribution in [0.2, 0.25) is 5.15 Å². The molecule has 3 aromatic rings. The van der Waals surface area contributed by atoms with E-state index in [0.29, 0.717) is 40.4 Å². The highest BCUT2D eigenvalue weighted by Gasteiger charge is 2.32. The number of carbonyl (C=O) groups is 2. The molecule has 38 heavy (non-hydrogen) atoms. The Kier molecular flexibility index (Phi) is 6.83. The van der Waals surface area contributed by atoms with Gasteiger partial charge < -0.3 is 18.8 Å². The molecule has 1 fully saturated rings. The number of halogens is 1. The van der Waals surface area contributed by atoms with Crippen molar-refractivity contribution in [1.29, 1.82) is 0 Å². The van der Waals surface area contributed by atoms with Gasteiger partial charge in [-0.05, 0) is 51.5 Å². The van der Waals surface area contributed by atoms with E-state index in [1.54, 1.807) is 13.0 Å². The Morgan fingerprint density at radius 3 is 2.68 bits per heavy atom. The molecule has 2 aromatic heterocycles. The number of rotatable bonds is 7. The van der Waals surface area contributed by atoms with Gasteiger partial charge in [-0.1, -0.05) is 11.6 Å². The molecule has 0 bridgehead atoms. The summed E-state index contributed by atoms with van der Waals surface area (Å²) in [5.74, 6) is 0.333. The molecule has 0 radical (unpaired) electrons. The largest absolute Gasteiger partial charge is 0.454 e. The molecule has 2 aliphatic rings. The van der Waals surface area contributed by atoms with E-state index >= 15 is 0 Å². The van der Waals surface area contributed by atoms with Gasteiger partial charge in [0.2, 0.25) is 12.6 Å². The fourth-order valence-electron chi connectivity index (χ4n) is 4.81. The number of ketones is 1. The summed E-state index contributed by atoms with van der Waals surface area (Å²) < 4.78 is 43.1. The molecule has 1 saturated heterocycles. The highest BCUT2D eigenvalue weighted by atomic mass is 35.5. The molecule has 4 heterocycles. The monoisotopic (exact) mass is 559 g/mol. The fourth-order valence-corrected chi connectivity index (χ4v) is 6.88. The first kappa shape index (κ1) is 26.1. The van der Waals surface area contributed by atoms with Crippen LogP contribution in [0.1, 0.15) is 45.5 Å². The average Bonchev–Trinajstić information content (AvgIpc) is 3.61. The Bertz CT molecular complexity index is 1590. The SMILES string of the molecule is Cc1nn([C@H]2CCS(=O)(=O)C2)c(Cl)c1/C=C/C(=O)OCC(=O)c1cc(C)n(-c2ccc3c(c2)OCO3)c1C. The van der Waals surface area contributed by atoms with E-state index in [-0.39, 0.29) is 35.3 Å². The van der Waals surface area contributed by atoms with Crippen molar-refractivity contribution in [2.45, 2.75) is 33.2 Å². The van der Waals surface area contributed by atoms with Crippen LogP contribution in [0.15, 0.2) is 30.3 Å². The number of ether oxygens (including phenoxy) is 3. The Hall–Kier alpha value is -3.57. The Morgan fingerprint density at radius 2 is 1.95 bits per heavy atom. The van der Waals surface area contributed by atoms with Crippen LogP contribution in [0.4, 0.5) is 0 Å². The topological polar surface area (TPSA) is 119 Å². The first-order valence-corrected chi connectivity index (χ1v) is 14.2. The van der Waals surface area contributed by atoms with Crippen LogP contribution >= 0.6 is 11.6 Å². The molecule has 1 atom stereocenters. The number of nitrogens with zero attached hydrogens (tertiary/aromatic N) is 3. The number of hydrogen-bond donors (Lipinski definition) is 0. The second kappa shape index (κ2) is 9.95. The maximum Gasteiger partial charge on any atom is 0.331 e. The molecule has 10 nitrogen and oxygen atoms in total. The lowest BCUT2D eigenvalue weighted by Gasteiger charge is -2.10. The Morgan fingerprint density at radius 1 is 1.18 bits per heavy atom. The van der Waals surface area contributed by atoms with Crippen molar-refractivity contribution in [2.75, 3.05) is 24.9 Å². The van der Waals surface area contributed by atoms with Crippen molar-refractivity contribution in [1.82, 2.24) is 14.3 Å². The van der Waals surface area contributed by atoms with Gasteiger partial charge in [0.05, 0.1) is 23.2 Å². The third-order valence-electron chi connectivity index (χ3n) is 6.70. The molecule has 0 saturated carbocycles. The van der Waals surface area contributed by atoms with E-state index < -0.39 is 22.4 Å². The zero-order valence-corrected chi connectivity index (χ0v) is 22.6. The van der Waals surface area contributed by atoms with Crippen molar-refractivity contribution < 1.29 is 32.2 Å². The van der Waals surface area contributed by atoms with Crippen LogP contribution in [0.5, 0.6) is 11.5 Å². The average molecular weight is 560 g/mol. The summed E-state index contributed by atoms with van der Waals surface area (Å²) in [5.41, 5.74) is 3.87. The number of sulfone groups is 1. The van der Waals surface area contributed by atoms with Crippen molar-refractivity contribution in [3.63, 3.8) is 0 Å². The van der Waals surface area contributed by atoms with Crippen LogP contribution in [0.25, 0.3) is 11.8 Å². The minimum absolute atomic E-state index is 0.0174. The predicted molar refractivity (Wildman–Crippen MR) is 140 cm³/mol. The molecule has 5 rings (SSSR count). The normalized spacial score (nSPS) is 17.8. The van der Waals surface area contributed by atoms with Gasteiger partial charge in [-0.25, -0.2) is 17.9 Å². The summed E-state index contributed by atoms with van der Waals surface area (Å²) in [5, 5.41) is 4.61. The van der Waals surface area contributed by atoms with E-state index in [4.69, 9.17) is 25.8 Å². The van der Waals surface area contributed by atoms with Gasteiger partial charge in [0.25, 0.3) is 0 Å². The highest BCUT2D eigenvalue weighted by molar-refractivity contribution is 7.91. The third-order valence-corrected chi connectivity index (χ3v) is 8.83. The van der Waals surface area contributed by atoms with Crippen LogP contribution in [0, 0.1) is 20.8 Å². The van der Waals surface area contributed by atoms with Crippen molar-refractivity contribution in [2.24, 2.45) is 0 Å². The number of fused-ring (bicyclic) bond motifs is 1. The standard InChI is InChI=1S/C26H26ClN3O7S/c1-15-10-21(17(3)29(15)18-4-6-23-24(11-18)37-14-36-23)22(31)12-35-25(32)7-5-20-16(2)28-30(26(20)27)19-8-9-38(33,34)13-19/h4-7,10-11,19H,8-9,12-14H2,1-3H3/b7-5+/t19-/m0/s1. The lowest BCUT2D eigenvalue weighted by molar-refractivity contribution is -0.136. The van der Waals surface area contributed by atoms with Crippen LogP contribution < -0.4 is 9.47 Å². The van der Waals surface area contributed by atoms with Crippen molar-refractivity contribution in [3.8, 4) is 17.2 Å². The molecule has 0 aliphatic carbocycles. The van der Waals surface area contributed by atoms with Crippen LogP contribution in [-0.2, 0) is 19.4 Å². The lowest BCUT2D eigenvalue weighted by atomic mass is 10.1. The van der Waals surface area contributed by atoms with E-state index in [9.17, 15) is 18.0 Å². The summed E-state index contributed by atoms with van der Waals surface area (Å²) in [6, 6.07) is 6.97. The van der Waals surface area contributed by atoms with Gasteiger partial charge >= 0.3 is 5.97 Å². The predicted octanol–water partition coefficient (Wildman–Crippen LogP) is 3.78. The van der Waals surface area contributed by atoms with Gasteiger partial charge in [0.1, 0.15) is 5.15 Å². The molecule has 0 unspecified atom stereocenters. The van der Waals surface area contributed by atoms with Gasteiger partial charge in [0.15, 0.2) is 27.9 Å². The zero-order chi connectivity index (χ0) is 27.2. The fraction of sp³-hybridized carbons (Fsp3) is 0.346. The molecule has 0 spiro atoms. The van der Waals surface area contributed by atoms with E-state index in [0.717, 1.165) is 11.4 Å². The Balaban J connectivity index is 1.24. The molecule has 2 aliphatic heterocycles. The number of aryl methyl sites for hydroxylation is 2. The molecular weight excluding hydrogens is 534 g/mol. The van der Waals surface area contributed by atoms with Gasteiger partial charge in [0, 0.05) is 40.3 Å². The van der Waals surface area contributed by atoms with E-state index in [1.807, 2.05) is 36.6 Å². The number of esters is 1. The second-order valence-electron chi connectivity index (χ2n) is 9.31. The summed E-state index contributed by atoms with van der Waals surface area (Å²) in [6.45, 7) is 5.17. The minimum Gasteiger partial charge on any atom is -0.454 e. The number of aromatic nitrogens is 3. The van der Waals surface area contributed by atoms with Crippen molar-refractivity contribution in [3.05, 3.63) is 63.7 Å². The maximum absolute atomic E-state index is 12.9. The molecule has 12 heteroatoms. The third kappa shape index (κ3) is 4.95. The van der Waals surface area contributed by atoms with Crippen molar-refractivity contribution >= 4 is 39.3 Å². The first-order chi connectivity index (χ1) is 18.0. The second-order valence-corrected chi connectivity index (χ2v) is 11.9. The lowest BCUT2D eigenvalue weighted by Crippen LogP contribution is -2.13. The number of Topliss-reactive ketones (excluding diaryl/α,β-unsaturated/α-hetero) is 1. The summed E-state index contributed by atoms with van der Waals surface area (Å²) in [7, 11) is -3.11. The Labute approximate surface area is 224 Å². The molecule has 0 amide bonds. The summed E-state index contributed by atoms with van der Waals surface area (Å²) >= 11 is 6.44. The molecule has 0 N–H and O–H groups in total. The number of hydrogen-bond acceptors (Lipinski definition) is 8. The first-order valence-electron chi connectivity index (χ1n) is 12.0. The number of carbonyl (C=O) groups excluding carboxylic acids is 2.